The molecule has 1 fully saturated rings. The smallest absolute Gasteiger partial charge is 0.266 e. The molecule has 2 heterocycles. The summed E-state index contributed by atoms with van der Waals surface area (Å²) in [5.74, 6) is 1.20. The maximum Gasteiger partial charge on any atom is 0.266 e. The molecule has 3 N–H and O–H groups in total. The minimum atomic E-state index is -0.0230. The van der Waals surface area contributed by atoms with Crippen LogP contribution in [0.3, 0.4) is 0 Å². The topological polar surface area (TPSA) is 80.5 Å². The maximum atomic E-state index is 14.3. The Morgan fingerprint density at radius 3 is 2.58 bits per heavy atom. The summed E-state index contributed by atoms with van der Waals surface area (Å²) in [4.78, 5) is 21.1. The normalized spacial score (nSPS) is 17.5. The van der Waals surface area contributed by atoms with Gasteiger partial charge in [0.05, 0.1) is 12.1 Å². The Balaban J connectivity index is 1.54. The number of nitrogens with two attached hydrogens (primary N) is 1. The Labute approximate surface area is 232 Å². The molecule has 4 aromatic rings. The van der Waals surface area contributed by atoms with Crippen molar-refractivity contribution >= 4 is 44.7 Å². The van der Waals surface area contributed by atoms with E-state index in [-0.39, 0.29) is 11.9 Å². The van der Waals surface area contributed by atoms with Crippen LogP contribution in [0.5, 0.6) is 5.75 Å². The number of pyridine rings is 1. The van der Waals surface area contributed by atoms with Crippen LogP contribution in [0.1, 0.15) is 46.5 Å². The SMILES string of the molecule is CNC1CCC(N(Cc2cc(-c3ccc(N)nc3)ccc2OC)C(=O)c2sc3cccc(C)c3c2Cl)CC1. The number of benzene rings is 2. The molecule has 0 unspecified atom stereocenters. The molecule has 0 spiro atoms. The van der Waals surface area contributed by atoms with E-state index in [1.54, 1.807) is 19.4 Å². The minimum absolute atomic E-state index is 0.0230. The summed E-state index contributed by atoms with van der Waals surface area (Å²) in [6.45, 7) is 2.46. The first-order valence-corrected chi connectivity index (χ1v) is 14.1. The van der Waals surface area contributed by atoms with Gasteiger partial charge in [-0.05, 0) is 81.1 Å². The lowest BCUT2D eigenvalue weighted by molar-refractivity contribution is 0.0604. The Morgan fingerprint density at radius 1 is 1.16 bits per heavy atom. The fourth-order valence-electron chi connectivity index (χ4n) is 5.43. The predicted octanol–water partition coefficient (Wildman–Crippen LogP) is 6.69. The first-order valence-electron chi connectivity index (χ1n) is 12.9. The molecule has 1 aliphatic carbocycles. The number of aryl methyl sites for hydroxylation is 1. The number of anilines is 1. The molecule has 0 atom stereocenters. The summed E-state index contributed by atoms with van der Waals surface area (Å²) in [5, 5.41) is 4.92. The number of carbonyl (C=O) groups excluding carboxylic acids is 1. The Hall–Kier alpha value is -3.13. The average molecular weight is 549 g/mol. The monoisotopic (exact) mass is 548 g/mol. The molecule has 1 aliphatic rings. The number of ether oxygens (including phenoxy) is 1. The summed E-state index contributed by atoms with van der Waals surface area (Å²) in [6.07, 6.45) is 5.69. The highest BCUT2D eigenvalue weighted by Crippen LogP contribution is 2.39. The molecule has 8 heteroatoms. The molecule has 2 aromatic carbocycles. The second-order valence-corrected chi connectivity index (χ2v) is 11.3. The molecular weight excluding hydrogens is 516 g/mol. The fraction of sp³-hybridized carbons (Fsp3) is 0.333. The molecule has 0 bridgehead atoms. The minimum Gasteiger partial charge on any atom is -0.496 e. The fourth-order valence-corrected chi connectivity index (χ4v) is 7.06. The third kappa shape index (κ3) is 5.23. The van der Waals surface area contributed by atoms with Crippen molar-refractivity contribution in [1.82, 2.24) is 15.2 Å². The molecule has 38 heavy (non-hydrogen) atoms. The van der Waals surface area contributed by atoms with E-state index in [2.05, 4.69) is 16.4 Å². The Morgan fingerprint density at radius 2 is 1.92 bits per heavy atom. The van der Waals surface area contributed by atoms with Crippen molar-refractivity contribution in [3.05, 3.63) is 75.8 Å². The van der Waals surface area contributed by atoms with E-state index in [9.17, 15) is 4.79 Å². The standard InChI is InChI=1S/C30H33ClN4O2S/c1-18-5-4-6-25-27(18)28(31)29(38-25)30(36)35(23-11-9-22(33-2)10-12-23)17-21-15-19(7-13-24(21)37-3)20-8-14-26(32)34-16-20/h4-8,13-16,22-23,33H,9-12,17H2,1-3H3,(H2,32,34). The van der Waals surface area contributed by atoms with E-state index in [0.29, 0.717) is 28.3 Å². The highest BCUT2D eigenvalue weighted by atomic mass is 35.5. The Bertz CT molecular complexity index is 1440. The molecule has 0 saturated heterocycles. The number of rotatable bonds is 7. The molecule has 0 aliphatic heterocycles. The van der Waals surface area contributed by atoms with Gasteiger partial charge in [0.25, 0.3) is 5.91 Å². The number of nitrogen functional groups attached to an aromatic ring is 1. The second-order valence-electron chi connectivity index (χ2n) is 9.92. The predicted molar refractivity (Wildman–Crippen MR) is 157 cm³/mol. The van der Waals surface area contributed by atoms with Crippen LogP contribution >= 0.6 is 22.9 Å². The summed E-state index contributed by atoms with van der Waals surface area (Å²) in [5.41, 5.74) is 9.77. The number of methoxy groups -OCH3 is 1. The summed E-state index contributed by atoms with van der Waals surface area (Å²) >= 11 is 8.36. The Kier molecular flexibility index (Phi) is 7.88. The van der Waals surface area contributed by atoms with Gasteiger partial charge >= 0.3 is 0 Å². The number of thiophene rings is 1. The number of nitrogens with zero attached hydrogens (tertiary/aromatic N) is 2. The summed E-state index contributed by atoms with van der Waals surface area (Å²) < 4.78 is 6.78. The van der Waals surface area contributed by atoms with Crippen LogP contribution in [-0.2, 0) is 6.54 Å². The molecular formula is C30H33ClN4O2S. The number of halogens is 1. The molecule has 2 aromatic heterocycles. The lowest BCUT2D eigenvalue weighted by Crippen LogP contribution is -2.44. The van der Waals surface area contributed by atoms with E-state index >= 15 is 0 Å². The number of hydrogen-bond donors (Lipinski definition) is 2. The largest absolute Gasteiger partial charge is 0.496 e. The molecule has 0 radical (unpaired) electrons. The van der Waals surface area contributed by atoms with Crippen molar-refractivity contribution in [3.8, 4) is 16.9 Å². The van der Waals surface area contributed by atoms with Crippen molar-refractivity contribution in [2.45, 2.75) is 51.2 Å². The van der Waals surface area contributed by atoms with E-state index in [4.69, 9.17) is 22.1 Å². The van der Waals surface area contributed by atoms with Crippen molar-refractivity contribution < 1.29 is 9.53 Å². The van der Waals surface area contributed by atoms with Crippen molar-refractivity contribution in [3.63, 3.8) is 0 Å². The van der Waals surface area contributed by atoms with Gasteiger partial charge in [-0.1, -0.05) is 29.8 Å². The van der Waals surface area contributed by atoms with Crippen molar-refractivity contribution in [2.75, 3.05) is 19.9 Å². The van der Waals surface area contributed by atoms with Gasteiger partial charge in [-0.2, -0.15) is 0 Å². The first kappa shape index (κ1) is 26.5. The van der Waals surface area contributed by atoms with Gasteiger partial charge in [-0.15, -0.1) is 11.3 Å². The van der Waals surface area contributed by atoms with Gasteiger partial charge in [0.2, 0.25) is 0 Å². The zero-order valence-electron chi connectivity index (χ0n) is 22.0. The van der Waals surface area contributed by atoms with E-state index in [1.165, 1.54) is 11.3 Å². The van der Waals surface area contributed by atoms with Crippen LogP contribution < -0.4 is 15.8 Å². The van der Waals surface area contributed by atoms with Crippen LogP contribution in [0, 0.1) is 6.92 Å². The number of amides is 1. The highest BCUT2D eigenvalue weighted by Gasteiger charge is 2.32. The number of aromatic nitrogens is 1. The van der Waals surface area contributed by atoms with E-state index in [1.807, 2.05) is 55.3 Å². The van der Waals surface area contributed by atoms with Crippen LogP contribution in [0.4, 0.5) is 5.82 Å². The summed E-state index contributed by atoms with van der Waals surface area (Å²) in [6, 6.07) is 16.5. The average Bonchev–Trinajstić information content (AvgIpc) is 3.29. The van der Waals surface area contributed by atoms with Gasteiger partial charge < -0.3 is 20.7 Å². The quantitative estimate of drug-likeness (QED) is 0.269. The third-order valence-electron chi connectivity index (χ3n) is 7.61. The molecule has 198 valence electrons. The second kappa shape index (κ2) is 11.3. The van der Waals surface area contributed by atoms with Crippen LogP contribution in [0.25, 0.3) is 21.2 Å². The van der Waals surface area contributed by atoms with Gasteiger partial charge in [0, 0.05) is 46.0 Å². The molecule has 1 amide bonds. The van der Waals surface area contributed by atoms with Crippen LogP contribution in [0.2, 0.25) is 5.02 Å². The van der Waals surface area contributed by atoms with Crippen molar-refractivity contribution in [2.24, 2.45) is 0 Å². The van der Waals surface area contributed by atoms with E-state index < -0.39 is 0 Å². The number of fused-ring (bicyclic) bond motifs is 1. The third-order valence-corrected chi connectivity index (χ3v) is 9.24. The molecule has 1 saturated carbocycles. The van der Waals surface area contributed by atoms with Gasteiger partial charge in [-0.3, -0.25) is 4.79 Å². The zero-order valence-corrected chi connectivity index (χ0v) is 23.5. The first-order chi connectivity index (χ1) is 18.4. The highest BCUT2D eigenvalue weighted by molar-refractivity contribution is 7.21. The van der Waals surface area contributed by atoms with E-state index in [0.717, 1.165) is 63.8 Å². The number of carbonyl (C=O) groups is 1. The zero-order chi connectivity index (χ0) is 26.8. The lowest BCUT2D eigenvalue weighted by atomic mass is 9.89. The molecule has 6 nitrogen and oxygen atoms in total. The van der Waals surface area contributed by atoms with Gasteiger partial charge in [0.1, 0.15) is 16.4 Å². The van der Waals surface area contributed by atoms with Crippen LogP contribution in [0.15, 0.2) is 54.7 Å². The van der Waals surface area contributed by atoms with Crippen LogP contribution in [-0.4, -0.2) is 42.0 Å². The number of hydrogen-bond acceptors (Lipinski definition) is 6. The number of nitrogens with one attached hydrogen (secondary N) is 1. The van der Waals surface area contributed by atoms with Crippen molar-refractivity contribution in [1.29, 1.82) is 0 Å². The van der Waals surface area contributed by atoms with Gasteiger partial charge in [-0.25, -0.2) is 4.98 Å². The van der Waals surface area contributed by atoms with Gasteiger partial charge in [0.15, 0.2) is 0 Å². The lowest BCUT2D eigenvalue weighted by Gasteiger charge is -2.37. The molecule has 5 rings (SSSR count). The maximum absolute atomic E-state index is 14.3. The summed E-state index contributed by atoms with van der Waals surface area (Å²) in [7, 11) is 3.68.